The zero-order valence-electron chi connectivity index (χ0n) is 13.5. The van der Waals surface area contributed by atoms with Gasteiger partial charge in [0.1, 0.15) is 11.9 Å². The van der Waals surface area contributed by atoms with Gasteiger partial charge in [0.25, 0.3) is 0 Å². The van der Waals surface area contributed by atoms with Crippen LogP contribution in [-0.2, 0) is 14.8 Å². The van der Waals surface area contributed by atoms with E-state index < -0.39 is 10.0 Å². The third-order valence-corrected chi connectivity index (χ3v) is 5.77. The van der Waals surface area contributed by atoms with E-state index in [1.54, 1.807) is 19.2 Å². The molecule has 2 heterocycles. The maximum Gasteiger partial charge on any atom is 0.214 e. The van der Waals surface area contributed by atoms with Crippen molar-refractivity contribution in [3.63, 3.8) is 0 Å². The largest absolute Gasteiger partial charge is 0.385 e. The minimum atomic E-state index is -3.24. The summed E-state index contributed by atoms with van der Waals surface area (Å²) in [7, 11) is -1.68. The molecule has 0 aliphatic carbocycles. The van der Waals surface area contributed by atoms with E-state index in [4.69, 9.17) is 4.74 Å². The summed E-state index contributed by atoms with van der Waals surface area (Å²) in [5, 5.41) is 9.21. The molecule has 1 fully saturated rings. The highest BCUT2D eigenvalue weighted by molar-refractivity contribution is 7.89. The summed E-state index contributed by atoms with van der Waals surface area (Å²) in [6, 6.07) is 5.71. The normalized spacial score (nSPS) is 16.3. The van der Waals surface area contributed by atoms with Crippen molar-refractivity contribution in [2.24, 2.45) is 0 Å². The van der Waals surface area contributed by atoms with Crippen molar-refractivity contribution in [2.45, 2.75) is 13.3 Å². The number of rotatable bonds is 6. The highest BCUT2D eigenvalue weighted by atomic mass is 32.2. The minimum absolute atomic E-state index is 0.104. The van der Waals surface area contributed by atoms with Gasteiger partial charge in [0.05, 0.1) is 11.3 Å². The highest BCUT2D eigenvalue weighted by Gasteiger charge is 2.27. The van der Waals surface area contributed by atoms with Crippen LogP contribution in [0.3, 0.4) is 0 Å². The van der Waals surface area contributed by atoms with Crippen molar-refractivity contribution in [3.8, 4) is 6.07 Å². The Hall–Kier alpha value is -1.69. The summed E-state index contributed by atoms with van der Waals surface area (Å²) < 4.78 is 31.0. The van der Waals surface area contributed by atoms with Crippen LogP contribution in [0.4, 0.5) is 5.82 Å². The van der Waals surface area contributed by atoms with Gasteiger partial charge in [-0.1, -0.05) is 0 Å². The average Bonchev–Trinajstić information content (AvgIpc) is 2.55. The number of hydrogen-bond acceptors (Lipinski definition) is 6. The van der Waals surface area contributed by atoms with Crippen LogP contribution < -0.4 is 4.90 Å². The van der Waals surface area contributed by atoms with Gasteiger partial charge in [-0.25, -0.2) is 13.4 Å². The highest BCUT2D eigenvalue weighted by Crippen LogP contribution is 2.20. The van der Waals surface area contributed by atoms with E-state index in [2.05, 4.69) is 11.1 Å². The molecule has 1 aliphatic heterocycles. The van der Waals surface area contributed by atoms with Crippen LogP contribution in [0.1, 0.15) is 17.7 Å². The molecule has 0 unspecified atom stereocenters. The molecular weight excluding hydrogens is 316 g/mol. The van der Waals surface area contributed by atoms with Gasteiger partial charge < -0.3 is 9.64 Å². The third kappa shape index (κ3) is 4.41. The molecule has 2 rings (SSSR count). The van der Waals surface area contributed by atoms with Gasteiger partial charge in [-0.3, -0.25) is 0 Å². The second-order valence-electron chi connectivity index (χ2n) is 5.48. The molecule has 0 N–H and O–H groups in total. The number of ether oxygens (including phenoxy) is 1. The lowest BCUT2D eigenvalue weighted by molar-refractivity contribution is 0.199. The first-order valence-electron chi connectivity index (χ1n) is 7.57. The van der Waals surface area contributed by atoms with Crippen molar-refractivity contribution in [2.75, 3.05) is 50.5 Å². The van der Waals surface area contributed by atoms with Crippen molar-refractivity contribution in [3.05, 3.63) is 23.4 Å². The maximum absolute atomic E-state index is 12.3. The molecule has 1 saturated heterocycles. The fourth-order valence-electron chi connectivity index (χ4n) is 2.56. The van der Waals surface area contributed by atoms with Crippen molar-refractivity contribution in [1.82, 2.24) is 9.29 Å². The summed E-state index contributed by atoms with van der Waals surface area (Å²) in [4.78, 5) is 6.41. The average molecular weight is 338 g/mol. The Morgan fingerprint density at radius 1 is 1.30 bits per heavy atom. The van der Waals surface area contributed by atoms with Gasteiger partial charge >= 0.3 is 0 Å². The zero-order chi connectivity index (χ0) is 16.9. The number of aryl methyl sites for hydroxylation is 1. The maximum atomic E-state index is 12.3. The number of methoxy groups -OCH3 is 1. The summed E-state index contributed by atoms with van der Waals surface area (Å²) in [6.07, 6.45) is 0.497. The molecule has 1 aromatic rings. The molecule has 1 aromatic heterocycles. The fraction of sp³-hybridized carbons (Fsp3) is 0.600. The van der Waals surface area contributed by atoms with Crippen LogP contribution in [0.5, 0.6) is 0 Å². The Bertz CT molecular complexity index is 676. The summed E-state index contributed by atoms with van der Waals surface area (Å²) >= 11 is 0. The van der Waals surface area contributed by atoms with E-state index in [0.29, 0.717) is 50.6 Å². The lowest BCUT2D eigenvalue weighted by Gasteiger charge is -2.35. The molecule has 0 radical (unpaired) electrons. The van der Waals surface area contributed by atoms with Crippen LogP contribution in [0, 0.1) is 18.3 Å². The number of piperazine rings is 1. The van der Waals surface area contributed by atoms with Crippen LogP contribution >= 0.6 is 0 Å². The van der Waals surface area contributed by atoms with E-state index in [-0.39, 0.29) is 5.75 Å². The Morgan fingerprint density at radius 3 is 2.61 bits per heavy atom. The van der Waals surface area contributed by atoms with Gasteiger partial charge in [-0.05, 0) is 25.5 Å². The third-order valence-electron chi connectivity index (χ3n) is 3.82. The number of anilines is 1. The number of nitriles is 1. The fourth-order valence-corrected chi connectivity index (χ4v) is 4.02. The van der Waals surface area contributed by atoms with E-state index >= 15 is 0 Å². The summed E-state index contributed by atoms with van der Waals surface area (Å²) in [5.41, 5.74) is 1.36. The molecule has 8 heteroatoms. The van der Waals surface area contributed by atoms with Gasteiger partial charge in [0.2, 0.25) is 10.0 Å². The molecule has 0 bridgehead atoms. The van der Waals surface area contributed by atoms with Crippen molar-refractivity contribution in [1.29, 1.82) is 5.26 Å². The lowest BCUT2D eigenvalue weighted by atomic mass is 10.2. The predicted octanol–water partition coefficient (Wildman–Crippen LogP) is 0.750. The van der Waals surface area contributed by atoms with Crippen molar-refractivity contribution >= 4 is 15.8 Å². The Labute approximate surface area is 137 Å². The standard InChI is InChI=1S/C15H22N4O3S/c1-13-4-5-14(12-16)15(17-13)18-6-8-19(9-7-18)23(20,21)11-3-10-22-2/h4-5H,3,6-11H2,1-2H3. The van der Waals surface area contributed by atoms with Crippen LogP contribution in [0.25, 0.3) is 0 Å². The van der Waals surface area contributed by atoms with Gasteiger partial charge in [0, 0.05) is 45.6 Å². The number of hydrogen-bond donors (Lipinski definition) is 0. The van der Waals surface area contributed by atoms with Gasteiger partial charge in [-0.2, -0.15) is 9.57 Å². The van der Waals surface area contributed by atoms with Crippen LogP contribution in [0.2, 0.25) is 0 Å². The molecule has 126 valence electrons. The molecular formula is C15H22N4O3S. The molecule has 23 heavy (non-hydrogen) atoms. The smallest absolute Gasteiger partial charge is 0.214 e. The van der Waals surface area contributed by atoms with E-state index in [1.807, 2.05) is 11.8 Å². The van der Waals surface area contributed by atoms with E-state index in [0.717, 1.165) is 5.69 Å². The van der Waals surface area contributed by atoms with Crippen molar-refractivity contribution < 1.29 is 13.2 Å². The molecule has 1 aliphatic rings. The summed E-state index contributed by atoms with van der Waals surface area (Å²) in [5.74, 6) is 0.747. The first kappa shape index (κ1) is 17.7. The Balaban J connectivity index is 2.02. The number of sulfonamides is 1. The first-order chi connectivity index (χ1) is 11.0. The molecule has 0 spiro atoms. The Kier molecular flexibility index (Phi) is 5.93. The second kappa shape index (κ2) is 7.73. The topological polar surface area (TPSA) is 86.5 Å². The van der Waals surface area contributed by atoms with Gasteiger partial charge in [0.15, 0.2) is 0 Å². The van der Waals surface area contributed by atoms with E-state index in [9.17, 15) is 13.7 Å². The zero-order valence-corrected chi connectivity index (χ0v) is 14.3. The predicted molar refractivity (Wildman–Crippen MR) is 87.8 cm³/mol. The van der Waals surface area contributed by atoms with Crippen LogP contribution in [0.15, 0.2) is 12.1 Å². The molecule has 7 nitrogen and oxygen atoms in total. The number of nitrogens with zero attached hydrogens (tertiary/aromatic N) is 4. The number of pyridine rings is 1. The minimum Gasteiger partial charge on any atom is -0.385 e. The van der Waals surface area contributed by atoms with Gasteiger partial charge in [-0.15, -0.1) is 0 Å². The molecule has 0 saturated carbocycles. The monoisotopic (exact) mass is 338 g/mol. The van der Waals surface area contributed by atoms with Crippen LogP contribution in [-0.4, -0.2) is 63.4 Å². The second-order valence-corrected chi connectivity index (χ2v) is 7.57. The molecule has 0 atom stereocenters. The SMILES string of the molecule is COCCCS(=O)(=O)N1CCN(c2nc(C)ccc2C#N)CC1. The Morgan fingerprint density at radius 2 is 2.00 bits per heavy atom. The summed E-state index contributed by atoms with van der Waals surface area (Å²) in [6.45, 7) is 4.22. The number of aromatic nitrogens is 1. The quantitative estimate of drug-likeness (QED) is 0.712. The molecule has 0 amide bonds. The molecule has 0 aromatic carbocycles. The first-order valence-corrected chi connectivity index (χ1v) is 9.18. The van der Waals surface area contributed by atoms with E-state index in [1.165, 1.54) is 4.31 Å². The lowest BCUT2D eigenvalue weighted by Crippen LogP contribution is -2.49.